The number of ether oxygens (including phenoxy) is 2. The second-order valence-corrected chi connectivity index (χ2v) is 5.60. The molecule has 3 heterocycles. The number of aromatic nitrogens is 2. The quantitative estimate of drug-likeness (QED) is 0.875. The van der Waals surface area contributed by atoms with E-state index in [1.807, 2.05) is 13.0 Å². The first-order chi connectivity index (χ1) is 10.3. The van der Waals surface area contributed by atoms with Crippen molar-refractivity contribution in [3.63, 3.8) is 0 Å². The maximum absolute atomic E-state index is 5.80. The van der Waals surface area contributed by atoms with E-state index >= 15 is 0 Å². The summed E-state index contributed by atoms with van der Waals surface area (Å²) in [4.78, 5) is 0. The molecule has 1 unspecified atom stereocenters. The van der Waals surface area contributed by atoms with Crippen molar-refractivity contribution in [3.05, 3.63) is 35.5 Å². The molecule has 5 nitrogen and oxygen atoms in total. The molecule has 0 bridgehead atoms. The smallest absolute Gasteiger partial charge is 0.161 e. The zero-order valence-corrected chi connectivity index (χ0v) is 12.1. The molecule has 0 amide bonds. The zero-order chi connectivity index (χ0) is 14.2. The maximum Gasteiger partial charge on any atom is 0.161 e. The van der Waals surface area contributed by atoms with E-state index in [2.05, 4.69) is 33.3 Å². The topological polar surface area (TPSA) is 48.3 Å². The molecule has 0 saturated carbocycles. The van der Waals surface area contributed by atoms with Crippen molar-refractivity contribution < 1.29 is 9.47 Å². The van der Waals surface area contributed by atoms with Gasteiger partial charge in [0.05, 0.1) is 24.9 Å². The Kier molecular flexibility index (Phi) is 2.98. The molecule has 0 aliphatic carbocycles. The first kappa shape index (κ1) is 12.6. The monoisotopic (exact) mass is 285 g/mol. The van der Waals surface area contributed by atoms with Crippen LogP contribution < -0.4 is 14.8 Å². The Bertz CT molecular complexity index is 666. The van der Waals surface area contributed by atoms with E-state index in [0.29, 0.717) is 0 Å². The van der Waals surface area contributed by atoms with Crippen LogP contribution in [0.3, 0.4) is 0 Å². The Morgan fingerprint density at radius 2 is 2.05 bits per heavy atom. The highest BCUT2D eigenvalue weighted by atomic mass is 16.5. The molecule has 2 aliphatic heterocycles. The van der Waals surface area contributed by atoms with Gasteiger partial charge in [0.25, 0.3) is 0 Å². The molecule has 1 atom stereocenters. The number of anilines is 1. The Morgan fingerprint density at radius 1 is 1.19 bits per heavy atom. The summed E-state index contributed by atoms with van der Waals surface area (Å²) < 4.78 is 13.6. The largest absolute Gasteiger partial charge is 0.490 e. The minimum Gasteiger partial charge on any atom is -0.490 e. The lowest BCUT2D eigenvalue weighted by atomic mass is 10.0. The van der Waals surface area contributed by atoms with Crippen LogP contribution in [0.15, 0.2) is 24.3 Å². The number of nitrogens with zero attached hydrogens (tertiary/aromatic N) is 2. The summed E-state index contributed by atoms with van der Waals surface area (Å²) in [6.45, 7) is 4.43. The summed E-state index contributed by atoms with van der Waals surface area (Å²) >= 11 is 0. The molecule has 4 rings (SSSR count). The van der Waals surface area contributed by atoms with Crippen LogP contribution in [-0.2, 0) is 0 Å². The van der Waals surface area contributed by atoms with Gasteiger partial charge in [-0.3, -0.25) is 0 Å². The van der Waals surface area contributed by atoms with Gasteiger partial charge in [-0.15, -0.1) is 0 Å². The average molecular weight is 285 g/mol. The van der Waals surface area contributed by atoms with Crippen molar-refractivity contribution in [2.75, 3.05) is 25.1 Å². The summed E-state index contributed by atoms with van der Waals surface area (Å²) in [5.74, 6) is 2.80. The second kappa shape index (κ2) is 4.98. The Balaban J connectivity index is 1.72. The molecule has 1 N–H and O–H groups in total. The Morgan fingerprint density at radius 3 is 2.95 bits per heavy atom. The fraction of sp³-hybridized carbons (Fsp3) is 0.438. The standard InChI is InChI=1S/C16H19N3O2/c1-11-9-16-17-6-5-13(19(16)18-11)12-3-4-14-15(10-12)21-8-2-7-20-14/h3-4,9-10,13,17H,2,5-8H2,1H3. The zero-order valence-electron chi connectivity index (χ0n) is 12.1. The number of rotatable bonds is 1. The summed E-state index contributed by atoms with van der Waals surface area (Å²) in [6.07, 6.45) is 1.95. The molecule has 0 spiro atoms. The van der Waals surface area contributed by atoms with Crippen molar-refractivity contribution in [1.29, 1.82) is 0 Å². The molecular formula is C16H19N3O2. The van der Waals surface area contributed by atoms with Gasteiger partial charge in [0.1, 0.15) is 5.82 Å². The van der Waals surface area contributed by atoms with E-state index in [9.17, 15) is 0 Å². The van der Waals surface area contributed by atoms with E-state index in [1.165, 1.54) is 5.56 Å². The van der Waals surface area contributed by atoms with Crippen LogP contribution in [0.5, 0.6) is 11.5 Å². The molecule has 0 radical (unpaired) electrons. The lowest BCUT2D eigenvalue weighted by molar-refractivity contribution is 0.297. The first-order valence-corrected chi connectivity index (χ1v) is 7.51. The van der Waals surface area contributed by atoms with Gasteiger partial charge in [-0.2, -0.15) is 5.10 Å². The van der Waals surface area contributed by atoms with Crippen LogP contribution in [-0.4, -0.2) is 29.5 Å². The van der Waals surface area contributed by atoms with Crippen LogP contribution in [0, 0.1) is 6.92 Å². The van der Waals surface area contributed by atoms with Gasteiger partial charge >= 0.3 is 0 Å². The second-order valence-electron chi connectivity index (χ2n) is 5.60. The van der Waals surface area contributed by atoms with Crippen molar-refractivity contribution >= 4 is 5.82 Å². The van der Waals surface area contributed by atoms with Gasteiger partial charge in [-0.05, 0) is 31.0 Å². The highest BCUT2D eigenvalue weighted by Crippen LogP contribution is 2.36. The lowest BCUT2D eigenvalue weighted by Crippen LogP contribution is -2.24. The van der Waals surface area contributed by atoms with Crippen LogP contribution in [0.2, 0.25) is 0 Å². The predicted molar refractivity (Wildman–Crippen MR) is 80.3 cm³/mol. The number of benzene rings is 1. The van der Waals surface area contributed by atoms with E-state index in [4.69, 9.17) is 9.47 Å². The Hall–Kier alpha value is -2.17. The lowest BCUT2D eigenvalue weighted by Gasteiger charge is -2.26. The summed E-state index contributed by atoms with van der Waals surface area (Å²) in [7, 11) is 0. The number of hydrogen-bond donors (Lipinski definition) is 1. The molecule has 2 aromatic rings. The van der Waals surface area contributed by atoms with Crippen LogP contribution in [0.25, 0.3) is 0 Å². The minimum atomic E-state index is 0.257. The first-order valence-electron chi connectivity index (χ1n) is 7.51. The number of fused-ring (bicyclic) bond motifs is 2. The van der Waals surface area contributed by atoms with E-state index in [0.717, 1.165) is 55.6 Å². The van der Waals surface area contributed by atoms with Gasteiger partial charge in [-0.1, -0.05) is 6.07 Å². The molecule has 1 aromatic carbocycles. The number of hydrogen-bond acceptors (Lipinski definition) is 4. The van der Waals surface area contributed by atoms with Gasteiger partial charge in [0, 0.05) is 19.0 Å². The van der Waals surface area contributed by atoms with Crippen LogP contribution in [0.1, 0.15) is 30.1 Å². The van der Waals surface area contributed by atoms with Crippen molar-refractivity contribution in [1.82, 2.24) is 9.78 Å². The number of nitrogens with one attached hydrogen (secondary N) is 1. The molecular weight excluding hydrogens is 266 g/mol. The van der Waals surface area contributed by atoms with Gasteiger partial charge in [-0.25, -0.2) is 4.68 Å². The fourth-order valence-corrected chi connectivity index (χ4v) is 3.04. The molecule has 110 valence electrons. The third-order valence-corrected chi connectivity index (χ3v) is 4.03. The SMILES string of the molecule is Cc1cc2n(n1)C(c1ccc3c(c1)OCCCO3)CCN2. The van der Waals surface area contributed by atoms with Gasteiger partial charge < -0.3 is 14.8 Å². The van der Waals surface area contributed by atoms with Crippen LogP contribution in [0.4, 0.5) is 5.82 Å². The van der Waals surface area contributed by atoms with E-state index < -0.39 is 0 Å². The van der Waals surface area contributed by atoms with E-state index in [1.54, 1.807) is 0 Å². The molecule has 5 heteroatoms. The Labute approximate surface area is 123 Å². The third kappa shape index (κ3) is 2.22. The van der Waals surface area contributed by atoms with Crippen LogP contribution >= 0.6 is 0 Å². The molecule has 1 aromatic heterocycles. The predicted octanol–water partition coefficient (Wildman–Crippen LogP) is 2.76. The normalized spacial score (nSPS) is 20.3. The van der Waals surface area contributed by atoms with Gasteiger partial charge in [0.15, 0.2) is 11.5 Å². The third-order valence-electron chi connectivity index (χ3n) is 4.03. The maximum atomic E-state index is 5.80. The molecule has 0 saturated heterocycles. The summed E-state index contributed by atoms with van der Waals surface area (Å²) in [6, 6.07) is 8.61. The van der Waals surface area contributed by atoms with Gasteiger partial charge in [0.2, 0.25) is 0 Å². The van der Waals surface area contributed by atoms with E-state index in [-0.39, 0.29) is 6.04 Å². The van der Waals surface area contributed by atoms with Crippen molar-refractivity contribution in [2.24, 2.45) is 0 Å². The highest BCUT2D eigenvalue weighted by Gasteiger charge is 2.24. The average Bonchev–Trinajstić information content (AvgIpc) is 2.73. The summed E-state index contributed by atoms with van der Waals surface area (Å²) in [5, 5.41) is 8.02. The molecule has 21 heavy (non-hydrogen) atoms. The van der Waals surface area contributed by atoms with Crippen molar-refractivity contribution in [2.45, 2.75) is 25.8 Å². The number of aryl methyl sites for hydroxylation is 1. The van der Waals surface area contributed by atoms with Crippen molar-refractivity contribution in [3.8, 4) is 11.5 Å². The molecule has 2 aliphatic rings. The summed E-state index contributed by atoms with van der Waals surface area (Å²) in [5.41, 5.74) is 2.27. The highest BCUT2D eigenvalue weighted by molar-refractivity contribution is 5.46. The fourth-order valence-electron chi connectivity index (χ4n) is 3.04. The molecule has 0 fully saturated rings. The minimum absolute atomic E-state index is 0.257.